The van der Waals surface area contributed by atoms with Crippen LogP contribution >= 0.6 is 43.2 Å². The summed E-state index contributed by atoms with van der Waals surface area (Å²) in [6.07, 6.45) is -7.27. The summed E-state index contributed by atoms with van der Waals surface area (Å²) < 4.78 is 0. The highest BCUT2D eigenvalue weighted by molar-refractivity contribution is 8.77. The van der Waals surface area contributed by atoms with Crippen LogP contribution in [0.4, 0.5) is 4.79 Å². The number of nitrogens with two attached hydrogens (primary N) is 4. The van der Waals surface area contributed by atoms with Crippen molar-refractivity contribution in [2.45, 2.75) is 200 Å². The molecule has 0 radical (unpaired) electrons. The molecular formula is C73H106N22O24S4. The Kier molecular flexibility index (Phi) is 41.3. The first-order valence-electron chi connectivity index (χ1n) is 39.2. The number of rotatable bonds is 19. The van der Waals surface area contributed by atoms with E-state index in [1.165, 1.54) is 48.5 Å². The zero-order valence-electron chi connectivity index (χ0n) is 66.8. The molecule has 2 aromatic carbocycles. The summed E-state index contributed by atoms with van der Waals surface area (Å²) in [5.41, 5.74) is 23.2. The van der Waals surface area contributed by atoms with Gasteiger partial charge in [0.15, 0.2) is 5.96 Å². The molecule has 4 aliphatic heterocycles. The van der Waals surface area contributed by atoms with Gasteiger partial charge in [-0.3, -0.25) is 86.9 Å². The number of carboxylic acid groups (broad SMARTS) is 2. The largest absolute Gasteiger partial charge is 0.508 e. The SMILES string of the molecule is C[C@@H](O)[C@@H]1NC(=O)[C@@H]2CSSC[C@@H]3NC(=O)[C@H](CCC(N)=O)NC(=O)[C@H](Cc4ccc(O)cc4)NC(=O)[C@H](CCCNC(N)=O)NC(=O)[C@H](CSSC[C@H](NC(=O)CNC(=O)[C@@H](N)CCC(=O)NCCCC[C@H](C(=O)O)NC(=O)[C@H](Cc4ccc(O)cc4)NC3=O)C(=O)N2)NC(=O)[C@H](CCCNC(=N)N)NC(=O)[C@@H]2CCCN2C(=O)[C@H](CC(=O)O)NC1=O. The van der Waals surface area contributed by atoms with Gasteiger partial charge in [-0.1, -0.05) is 67.4 Å². The number of aliphatic carboxylic acids is 2. The molecule has 4 aliphatic rings. The summed E-state index contributed by atoms with van der Waals surface area (Å²) in [7, 11) is 2.72. The summed E-state index contributed by atoms with van der Waals surface area (Å²) in [6, 6.07) is -16.3. The van der Waals surface area contributed by atoms with Crippen LogP contribution in [0.5, 0.6) is 11.5 Å². The fraction of sp³-hybridized carbons (Fsp3) is 0.562. The van der Waals surface area contributed by atoms with Gasteiger partial charge >= 0.3 is 18.0 Å². The number of phenols is 2. The van der Waals surface area contributed by atoms with Crippen molar-refractivity contribution < 1.29 is 117 Å². The standard InChI is InChI=1S/C73H106N22O24S4/c1-35(96)57-69(115)90-47(29-56(102)103)70(116)95-26-6-10-52(95)68(114)86-42(8-4-24-80-72(76)77)60(106)91-49-32-121-120-31-48-64(110)93-51(67(113)94-57)34-123-122-33-50(92-61(107)43(20-21-53(75)99)85-62(108)45(27-36-11-15-38(97)16-12-36)88-59(105)41(84-65(49)111)9-5-25-81-73(78)119)66(112)89-46(28-37-13-17-39(98)18-14-37)63(109)87-44(71(117)118)7-2-3-23-79-54(100)22-19-40(74)58(104)82-30-55(101)83-48/h11-18,35,40-52,57,96-98H,2-10,19-34,74H2,1H3,(H2,75,99)(H,79,100)(H,82,104)(H,83,101)(H,84,111)(H,85,108)(H,86,114)(H,87,109)(H,88,105)(H,89,112)(H,90,115)(H,91,106)(H,92,107)(H,93,110)(H,94,113)(H,102,103)(H,117,118)(H4,76,77,80)(H3,78,81,119)/t35-,40+,41+,42+,43+,44-,45+,46+,47+,48+,49+,50+,51+,52+,57+/m1/s1. The summed E-state index contributed by atoms with van der Waals surface area (Å²) in [6.45, 7) is -0.585. The predicted molar refractivity (Wildman–Crippen MR) is 444 cm³/mol. The van der Waals surface area contributed by atoms with Crippen LogP contribution in [-0.4, -0.2) is 295 Å². The number of carboxylic acids is 2. The maximum absolute atomic E-state index is 15.4. The second-order valence-corrected chi connectivity index (χ2v) is 34.2. The number of carbonyl (C=O) groups is 19. The smallest absolute Gasteiger partial charge is 0.326 e. The van der Waals surface area contributed by atoms with Gasteiger partial charge in [0.05, 0.1) is 25.1 Å². The van der Waals surface area contributed by atoms with E-state index in [2.05, 4.69) is 85.1 Å². The fourth-order valence-electron chi connectivity index (χ4n) is 12.7. The van der Waals surface area contributed by atoms with E-state index in [0.29, 0.717) is 21.6 Å². The average Bonchev–Trinajstić information content (AvgIpc) is 1.63. The van der Waals surface area contributed by atoms with E-state index in [-0.39, 0.29) is 113 Å². The zero-order valence-corrected chi connectivity index (χ0v) is 70.1. The molecule has 0 unspecified atom stereocenters. The van der Waals surface area contributed by atoms with Crippen LogP contribution in [0.15, 0.2) is 48.5 Å². The molecule has 6 rings (SSSR count). The quantitative estimate of drug-likeness (QED) is 0.0269. The third-order valence-corrected chi connectivity index (χ3v) is 24.2. The van der Waals surface area contributed by atoms with Gasteiger partial charge < -0.3 is 138 Å². The molecule has 4 heterocycles. The van der Waals surface area contributed by atoms with Crippen LogP contribution in [0, 0.1) is 5.41 Å². The minimum Gasteiger partial charge on any atom is -0.508 e. The first-order valence-corrected chi connectivity index (χ1v) is 44.1. The molecule has 0 saturated carbocycles. The zero-order chi connectivity index (χ0) is 90.6. The molecule has 676 valence electrons. The second-order valence-electron chi connectivity index (χ2n) is 29.1. The van der Waals surface area contributed by atoms with E-state index in [9.17, 15) is 78.3 Å². The lowest BCUT2D eigenvalue weighted by Crippen LogP contribution is -2.62. The van der Waals surface area contributed by atoms with Crippen LogP contribution in [0.1, 0.15) is 108 Å². The maximum atomic E-state index is 15.4. The van der Waals surface area contributed by atoms with Gasteiger partial charge in [-0.25, -0.2) is 9.59 Å². The average molecular weight is 1800 g/mol. The van der Waals surface area contributed by atoms with Gasteiger partial charge in [-0.15, -0.1) is 0 Å². The second kappa shape index (κ2) is 50.7. The molecule has 50 heteroatoms. The van der Waals surface area contributed by atoms with E-state index < -0.39 is 277 Å². The van der Waals surface area contributed by atoms with E-state index >= 15 is 38.4 Å². The highest BCUT2D eigenvalue weighted by Gasteiger charge is 2.43. The Morgan fingerprint density at radius 3 is 1.46 bits per heavy atom. The van der Waals surface area contributed by atoms with Gasteiger partial charge in [0.25, 0.3) is 0 Å². The molecule has 123 heavy (non-hydrogen) atoms. The highest BCUT2D eigenvalue weighted by atomic mass is 33.1. The van der Waals surface area contributed by atoms with Crippen molar-refractivity contribution >= 4 is 162 Å². The van der Waals surface area contributed by atoms with Gasteiger partial charge in [0, 0.05) is 74.9 Å². The number of urea groups is 1. The highest BCUT2D eigenvalue weighted by Crippen LogP contribution is 2.27. The van der Waals surface area contributed by atoms with Crippen molar-refractivity contribution in [3.05, 3.63) is 59.7 Å². The molecule has 18 amide bonds. The number of nitrogens with one attached hydrogen (secondary N) is 17. The number of fused-ring (bicyclic) bond motifs is 9. The van der Waals surface area contributed by atoms with Gasteiger partial charge in [-0.2, -0.15) is 0 Å². The monoisotopic (exact) mass is 1800 g/mol. The number of aliphatic hydroxyl groups is 1. The Hall–Kier alpha value is -11.6. The molecule has 0 aromatic heterocycles. The minimum absolute atomic E-state index is 0.0411. The Labute approximate surface area is 720 Å². The molecule has 15 atom stereocenters. The van der Waals surface area contributed by atoms with Crippen molar-refractivity contribution in [2.24, 2.45) is 22.9 Å². The summed E-state index contributed by atoms with van der Waals surface area (Å²) >= 11 is 0. The molecule has 30 N–H and O–H groups in total. The third kappa shape index (κ3) is 34.7. The Morgan fingerprint density at radius 2 is 0.943 bits per heavy atom. The van der Waals surface area contributed by atoms with E-state index in [4.69, 9.17) is 28.3 Å². The molecule has 4 saturated heterocycles. The fourth-order valence-corrected chi connectivity index (χ4v) is 17.4. The molecule has 2 aromatic rings. The maximum Gasteiger partial charge on any atom is 0.326 e. The molecule has 46 nitrogen and oxygen atoms in total. The van der Waals surface area contributed by atoms with Gasteiger partial charge in [0.1, 0.15) is 90.0 Å². The van der Waals surface area contributed by atoms with Crippen LogP contribution in [0.3, 0.4) is 0 Å². The van der Waals surface area contributed by atoms with Crippen LogP contribution in [0.25, 0.3) is 0 Å². The number of amides is 18. The number of carbonyl (C=O) groups excluding carboxylic acids is 17. The number of benzene rings is 2. The number of phenolic OH excluding ortho intramolecular Hbond substituents is 2. The molecule has 4 fully saturated rings. The first-order chi connectivity index (χ1) is 58.3. The molecule has 0 aliphatic carbocycles. The topological polar surface area (TPSA) is 749 Å². The number of hydrogen-bond donors (Lipinski definition) is 26. The number of primary amides is 2. The van der Waals surface area contributed by atoms with E-state index in [0.717, 1.165) is 33.4 Å². The lowest BCUT2D eigenvalue weighted by molar-refractivity contribution is -0.146. The molecule has 0 spiro atoms. The van der Waals surface area contributed by atoms with Crippen LogP contribution < -0.4 is 108 Å². The van der Waals surface area contributed by atoms with Gasteiger partial charge in [0.2, 0.25) is 94.5 Å². The minimum atomic E-state index is -2.17. The molecule has 4 bridgehead atoms. The number of aliphatic hydroxyl groups excluding tert-OH is 1. The normalized spacial score (nSPS) is 26.3. The van der Waals surface area contributed by atoms with E-state index in [1.54, 1.807) is 0 Å². The Morgan fingerprint density at radius 1 is 0.496 bits per heavy atom. The Balaban J connectivity index is 1.63. The van der Waals surface area contributed by atoms with Crippen LogP contribution in [-0.2, 0) is 99.1 Å². The molecular weight excluding hydrogens is 1700 g/mol. The predicted octanol–water partition coefficient (Wildman–Crippen LogP) is -8.08. The number of hydrogen-bond acceptors (Lipinski definition) is 28. The van der Waals surface area contributed by atoms with Crippen molar-refractivity contribution in [1.29, 1.82) is 5.41 Å². The van der Waals surface area contributed by atoms with Crippen molar-refractivity contribution in [3.8, 4) is 11.5 Å². The van der Waals surface area contributed by atoms with Crippen molar-refractivity contribution in [2.75, 3.05) is 55.7 Å². The van der Waals surface area contributed by atoms with Crippen molar-refractivity contribution in [1.82, 2.24) is 90.0 Å². The number of guanidine groups is 1. The number of nitrogens with zero attached hydrogens (tertiary/aromatic N) is 1. The Bertz CT molecular complexity index is 4140. The summed E-state index contributed by atoms with van der Waals surface area (Å²) in [4.78, 5) is 272. The van der Waals surface area contributed by atoms with E-state index in [1.807, 2.05) is 0 Å². The third-order valence-electron chi connectivity index (χ3n) is 19.4. The van der Waals surface area contributed by atoms with Crippen molar-refractivity contribution in [3.63, 3.8) is 0 Å². The lowest BCUT2D eigenvalue weighted by atomic mass is 10.0. The first kappa shape index (κ1) is 100. The summed E-state index contributed by atoms with van der Waals surface area (Å²) in [5, 5.41) is 99.8. The van der Waals surface area contributed by atoms with Gasteiger partial charge in [-0.05, 0) is 113 Å². The summed E-state index contributed by atoms with van der Waals surface area (Å²) in [5.74, 6) is -25.1. The lowest BCUT2D eigenvalue weighted by Gasteiger charge is -2.31. The van der Waals surface area contributed by atoms with Crippen LogP contribution in [0.2, 0.25) is 0 Å². The number of aromatic hydroxyl groups is 2.